The van der Waals surface area contributed by atoms with Crippen molar-refractivity contribution in [1.82, 2.24) is 0 Å². The molecule has 3 saturated heterocycles. The molecule has 4 aromatic carbocycles. The van der Waals surface area contributed by atoms with Crippen molar-refractivity contribution in [3.8, 4) is 5.75 Å². The molecule has 11 heteroatoms. The number of allylic oxidation sites excluding steroid dienone is 2. The molecule has 55 heavy (non-hydrogen) atoms. The lowest BCUT2D eigenvalue weighted by Gasteiger charge is -2.51. The van der Waals surface area contributed by atoms with E-state index in [1.165, 1.54) is 9.80 Å². The summed E-state index contributed by atoms with van der Waals surface area (Å²) in [6.07, 6.45) is 2.52. The molecule has 4 amide bonds. The number of anilines is 3. The Hall–Kier alpha value is -5.29. The highest BCUT2D eigenvalue weighted by Crippen LogP contribution is 2.65. The van der Waals surface area contributed by atoms with E-state index in [9.17, 15) is 14.7 Å². The van der Waals surface area contributed by atoms with E-state index in [-0.39, 0.29) is 37.4 Å². The fourth-order valence-corrected chi connectivity index (χ4v) is 10.2. The Morgan fingerprint density at radius 2 is 1.49 bits per heavy atom. The number of nitrogens with zero attached hydrogens (tertiary/aromatic N) is 3. The first kappa shape index (κ1) is 35.4. The summed E-state index contributed by atoms with van der Waals surface area (Å²) < 4.78 is 11.7. The number of hydrogen-bond donors (Lipinski definition) is 1. The van der Waals surface area contributed by atoms with Gasteiger partial charge in [0.05, 0.1) is 54.4 Å². The van der Waals surface area contributed by atoms with Crippen LogP contribution in [-0.4, -0.2) is 68.3 Å². The molecular formula is C44H40ClN3O7. The van der Waals surface area contributed by atoms with Crippen molar-refractivity contribution in [2.45, 2.75) is 24.2 Å². The van der Waals surface area contributed by atoms with Crippen molar-refractivity contribution in [2.24, 2.45) is 23.7 Å². The third-order valence-electron chi connectivity index (χ3n) is 12.2. The van der Waals surface area contributed by atoms with E-state index in [4.69, 9.17) is 21.1 Å². The van der Waals surface area contributed by atoms with Gasteiger partial charge in [-0.25, -0.2) is 4.90 Å². The maximum Gasteiger partial charge on any atom is 0.246 e. The summed E-state index contributed by atoms with van der Waals surface area (Å²) in [5, 5.41) is 10.2. The van der Waals surface area contributed by atoms with E-state index >= 15 is 9.59 Å². The number of ether oxygens (including phenoxy) is 2. The summed E-state index contributed by atoms with van der Waals surface area (Å²) in [5.74, 6) is -4.41. The normalized spacial score (nSPS) is 27.5. The zero-order chi connectivity index (χ0) is 37.8. The van der Waals surface area contributed by atoms with Gasteiger partial charge in [0.25, 0.3) is 0 Å². The van der Waals surface area contributed by atoms with Gasteiger partial charge in [0.1, 0.15) is 12.4 Å². The smallest absolute Gasteiger partial charge is 0.246 e. The number of halogens is 1. The minimum absolute atomic E-state index is 0.0203. The lowest BCUT2D eigenvalue weighted by molar-refractivity contribution is -0.127. The van der Waals surface area contributed by atoms with Crippen LogP contribution in [0.2, 0.25) is 5.02 Å². The average molecular weight is 758 g/mol. The standard InChI is InChI=1S/C44H40ClN3O7/c45-28-9-6-10-31(25-28)48-41(51)36-26-35-32(39(33-11-4-5-12-37(33)55-24-21-49)44(36,43(48)53)27-7-2-1-3-8-27)17-18-34-38(35)42(52)47(40(34)50)30-15-13-29(14-16-30)46-19-22-54-23-20-46/h1-17,25,34-36,38-39,49H,18-24,26H2/t34-,35+,36-,38-,39+,44+/m0/s1. The number of rotatable bonds is 8. The minimum atomic E-state index is -1.44. The van der Waals surface area contributed by atoms with Crippen molar-refractivity contribution >= 4 is 52.3 Å². The average Bonchev–Trinajstić information content (AvgIpc) is 3.61. The molecule has 2 aliphatic carbocycles. The van der Waals surface area contributed by atoms with Gasteiger partial charge in [-0.1, -0.05) is 77.8 Å². The monoisotopic (exact) mass is 757 g/mol. The number of amides is 4. The zero-order valence-electron chi connectivity index (χ0n) is 30.1. The molecule has 0 radical (unpaired) electrons. The summed E-state index contributed by atoms with van der Waals surface area (Å²) in [7, 11) is 0. The number of aliphatic hydroxyl groups excluding tert-OH is 1. The number of morpholine rings is 1. The van der Waals surface area contributed by atoms with E-state index < -0.39 is 40.9 Å². The third kappa shape index (κ3) is 5.52. The quantitative estimate of drug-likeness (QED) is 0.174. The first-order valence-electron chi connectivity index (χ1n) is 18.9. The van der Waals surface area contributed by atoms with Gasteiger partial charge in [-0.15, -0.1) is 0 Å². The Morgan fingerprint density at radius 3 is 2.24 bits per heavy atom. The molecule has 10 nitrogen and oxygen atoms in total. The predicted octanol–water partition coefficient (Wildman–Crippen LogP) is 5.91. The number of para-hydroxylation sites is 1. The van der Waals surface area contributed by atoms with Gasteiger partial charge in [0.2, 0.25) is 23.6 Å². The van der Waals surface area contributed by atoms with E-state index in [0.29, 0.717) is 52.9 Å². The number of fused-ring (bicyclic) bond motifs is 4. The van der Waals surface area contributed by atoms with Crippen LogP contribution in [0.1, 0.15) is 29.9 Å². The Kier molecular flexibility index (Phi) is 9.07. The Morgan fingerprint density at radius 1 is 0.764 bits per heavy atom. The molecule has 280 valence electrons. The summed E-state index contributed by atoms with van der Waals surface area (Å²) in [5.41, 5.74) is 2.61. The molecule has 9 rings (SSSR count). The second kappa shape index (κ2) is 14.1. The SMILES string of the molecule is O=C1[C@H]2[C@H](CC=C3[C@H]2C[C@H]2C(=O)N(c4cccc(Cl)c4)C(=O)[C@@]2(c2ccccc2)[C@H]3c2ccccc2OCCO)C(=O)N1c1ccc(N2CCOCC2)cc1. The fourth-order valence-electron chi connectivity index (χ4n) is 9.98. The summed E-state index contributed by atoms with van der Waals surface area (Å²) in [6, 6.07) is 31.0. The van der Waals surface area contributed by atoms with Crippen molar-refractivity contribution in [2.75, 3.05) is 54.2 Å². The van der Waals surface area contributed by atoms with Crippen LogP contribution in [0.4, 0.5) is 17.1 Å². The highest BCUT2D eigenvalue weighted by Gasteiger charge is 2.70. The molecule has 6 atom stereocenters. The number of benzene rings is 4. The molecule has 0 spiro atoms. The van der Waals surface area contributed by atoms with E-state index in [0.717, 1.165) is 24.4 Å². The first-order valence-corrected chi connectivity index (χ1v) is 19.2. The van der Waals surface area contributed by atoms with Crippen LogP contribution in [0.3, 0.4) is 0 Å². The van der Waals surface area contributed by atoms with Gasteiger partial charge in [-0.3, -0.25) is 24.1 Å². The summed E-state index contributed by atoms with van der Waals surface area (Å²) >= 11 is 6.44. The molecule has 1 N–H and O–H groups in total. The number of hydrogen-bond acceptors (Lipinski definition) is 8. The van der Waals surface area contributed by atoms with Gasteiger partial charge < -0.3 is 19.5 Å². The molecule has 3 heterocycles. The molecule has 0 bridgehead atoms. The summed E-state index contributed by atoms with van der Waals surface area (Å²) in [4.78, 5) is 64.4. The topological polar surface area (TPSA) is 117 Å². The Bertz CT molecular complexity index is 2200. The molecule has 4 fully saturated rings. The van der Waals surface area contributed by atoms with Gasteiger partial charge in [0, 0.05) is 35.3 Å². The van der Waals surface area contributed by atoms with Gasteiger partial charge in [0.15, 0.2) is 0 Å². The highest BCUT2D eigenvalue weighted by molar-refractivity contribution is 6.32. The van der Waals surface area contributed by atoms with E-state index in [2.05, 4.69) is 4.90 Å². The van der Waals surface area contributed by atoms with Gasteiger partial charge in [-0.05, 0) is 72.9 Å². The van der Waals surface area contributed by atoms with Crippen LogP contribution in [0.25, 0.3) is 0 Å². The van der Waals surface area contributed by atoms with Crippen molar-refractivity contribution in [3.05, 3.63) is 131 Å². The molecule has 4 aromatic rings. The first-order chi connectivity index (χ1) is 26.8. The number of carbonyl (C=O) groups is 4. The van der Waals surface area contributed by atoms with E-state index in [1.54, 1.807) is 30.3 Å². The van der Waals surface area contributed by atoms with Crippen molar-refractivity contribution < 1.29 is 33.8 Å². The Balaban J connectivity index is 1.19. The van der Waals surface area contributed by atoms with Crippen LogP contribution < -0.4 is 19.4 Å². The van der Waals surface area contributed by atoms with Crippen LogP contribution in [0.15, 0.2) is 115 Å². The summed E-state index contributed by atoms with van der Waals surface area (Å²) in [6.45, 7) is 2.60. The third-order valence-corrected chi connectivity index (χ3v) is 12.5. The second-order valence-corrected chi connectivity index (χ2v) is 15.3. The largest absolute Gasteiger partial charge is 0.491 e. The number of aliphatic hydroxyl groups is 1. The van der Waals surface area contributed by atoms with Crippen LogP contribution in [-0.2, 0) is 29.3 Å². The molecule has 0 unspecified atom stereocenters. The fraction of sp³-hybridized carbons (Fsp3) is 0.318. The molecular weight excluding hydrogens is 718 g/mol. The van der Waals surface area contributed by atoms with Gasteiger partial charge in [-0.2, -0.15) is 0 Å². The van der Waals surface area contributed by atoms with Crippen LogP contribution in [0, 0.1) is 23.7 Å². The number of carbonyl (C=O) groups excluding carboxylic acids is 4. The Labute approximate surface area is 323 Å². The molecule has 5 aliphatic rings. The zero-order valence-corrected chi connectivity index (χ0v) is 30.8. The predicted molar refractivity (Wildman–Crippen MR) is 207 cm³/mol. The highest BCUT2D eigenvalue weighted by atomic mass is 35.5. The molecule has 3 aliphatic heterocycles. The minimum Gasteiger partial charge on any atom is -0.491 e. The van der Waals surface area contributed by atoms with Crippen molar-refractivity contribution in [3.63, 3.8) is 0 Å². The molecule has 0 aromatic heterocycles. The van der Waals surface area contributed by atoms with E-state index in [1.807, 2.05) is 78.9 Å². The molecule has 1 saturated carbocycles. The maximum absolute atomic E-state index is 15.5. The lowest BCUT2D eigenvalue weighted by Crippen LogP contribution is -2.53. The maximum atomic E-state index is 15.5. The van der Waals surface area contributed by atoms with Gasteiger partial charge >= 0.3 is 0 Å². The second-order valence-electron chi connectivity index (χ2n) is 14.8. The van der Waals surface area contributed by atoms with Crippen molar-refractivity contribution in [1.29, 1.82) is 0 Å². The number of imide groups is 2. The lowest BCUT2D eigenvalue weighted by atomic mass is 9.49. The van der Waals surface area contributed by atoms with Crippen LogP contribution >= 0.6 is 11.6 Å². The van der Waals surface area contributed by atoms with Crippen LogP contribution in [0.5, 0.6) is 5.75 Å².